The number of alkyl halides is 7. The van der Waals surface area contributed by atoms with Crippen LogP contribution in [0.3, 0.4) is 0 Å². The van der Waals surface area contributed by atoms with Crippen molar-refractivity contribution in [2.75, 3.05) is 13.2 Å². The van der Waals surface area contributed by atoms with E-state index in [-0.39, 0.29) is 26.3 Å². The molecule has 0 aliphatic heterocycles. The van der Waals surface area contributed by atoms with Crippen LogP contribution in [0.2, 0.25) is 0 Å². The third kappa shape index (κ3) is 13.2. The third-order valence-electron chi connectivity index (χ3n) is 6.44. The Kier molecular flexibility index (Phi) is 14.9. The summed E-state index contributed by atoms with van der Waals surface area (Å²) in [4.78, 5) is 47.6. The van der Waals surface area contributed by atoms with Gasteiger partial charge < -0.3 is 19.0 Å². The van der Waals surface area contributed by atoms with Crippen LogP contribution >= 0.6 is 47.8 Å². The Labute approximate surface area is 279 Å². The van der Waals surface area contributed by atoms with E-state index in [0.717, 1.165) is 42.1 Å². The SMILES string of the molecule is CCOC(=O)C(Br)CC1CC1.CCOC(=O)C(CC1CC1)n1cc(Br)c(C(F)(F)F)cc1=O.O=c1cc(C(F)(F)F)c(Br)c[nH]1. The van der Waals surface area contributed by atoms with Gasteiger partial charge in [0, 0.05) is 33.5 Å². The number of carbonyl (C=O) groups excluding carboxylic acids is 2. The molecule has 0 amide bonds. The van der Waals surface area contributed by atoms with Gasteiger partial charge in [0.05, 0.1) is 24.3 Å². The fraction of sp³-hybridized carbons (Fsp3) is 0.571. The molecule has 2 unspecified atom stereocenters. The van der Waals surface area contributed by atoms with Crippen LogP contribution in [0.1, 0.15) is 69.5 Å². The highest BCUT2D eigenvalue weighted by atomic mass is 79.9. The summed E-state index contributed by atoms with van der Waals surface area (Å²) in [6, 6.07) is 0.117. The number of aromatic nitrogens is 2. The molecule has 45 heavy (non-hydrogen) atoms. The Morgan fingerprint density at radius 1 is 0.867 bits per heavy atom. The summed E-state index contributed by atoms with van der Waals surface area (Å²) in [5, 5.41) is 0. The Morgan fingerprint density at radius 3 is 1.82 bits per heavy atom. The molecule has 2 heterocycles. The number of hydrogen-bond acceptors (Lipinski definition) is 6. The molecule has 0 saturated heterocycles. The number of ether oxygens (including phenoxy) is 2. The fourth-order valence-corrected chi connectivity index (χ4v) is 5.53. The monoisotopic (exact) mass is 842 g/mol. The lowest BCUT2D eigenvalue weighted by atomic mass is 10.1. The van der Waals surface area contributed by atoms with E-state index in [2.05, 4.69) is 52.8 Å². The standard InChI is InChI=1S/C14H15BrF3NO3.C8H13BrO2.C6H3BrF3NO/c1-2-22-13(21)11(5-8-3-4-8)19-7-10(15)9(6-12(19)20)14(16,17)18;1-2-11-8(10)7(9)5-6-3-4-6;7-4-2-11-5(12)1-3(4)6(8,9)10/h6-8,11H,2-5H2,1H3;6-7H,2-5H2,1H3;1-2H,(H,11,12). The van der Waals surface area contributed by atoms with Crippen molar-refractivity contribution >= 4 is 59.7 Å². The lowest BCUT2D eigenvalue weighted by Gasteiger charge is -2.19. The van der Waals surface area contributed by atoms with Crippen LogP contribution < -0.4 is 11.1 Å². The van der Waals surface area contributed by atoms with Crippen LogP contribution in [0, 0.1) is 11.8 Å². The van der Waals surface area contributed by atoms with Gasteiger partial charge in [-0.3, -0.25) is 14.4 Å². The second kappa shape index (κ2) is 17.1. The Morgan fingerprint density at radius 2 is 1.36 bits per heavy atom. The molecule has 17 heteroatoms. The minimum atomic E-state index is -4.63. The Hall–Kier alpha value is -2.14. The molecule has 0 aromatic carbocycles. The molecule has 2 aromatic heterocycles. The van der Waals surface area contributed by atoms with Crippen LogP contribution in [-0.2, 0) is 31.4 Å². The zero-order valence-corrected chi connectivity index (χ0v) is 28.8. The van der Waals surface area contributed by atoms with Crippen LogP contribution in [0.15, 0.2) is 43.1 Å². The summed E-state index contributed by atoms with van der Waals surface area (Å²) in [5.74, 6) is 0.369. The molecule has 2 aliphatic carbocycles. The van der Waals surface area contributed by atoms with Gasteiger partial charge in [-0.15, -0.1) is 0 Å². The maximum Gasteiger partial charge on any atom is 0.417 e. The smallest absolute Gasteiger partial charge is 0.417 e. The lowest BCUT2D eigenvalue weighted by molar-refractivity contribution is -0.147. The number of nitrogens with zero attached hydrogens (tertiary/aromatic N) is 1. The van der Waals surface area contributed by atoms with E-state index in [4.69, 9.17) is 9.47 Å². The molecule has 0 bridgehead atoms. The number of aromatic amines is 1. The van der Waals surface area contributed by atoms with Crippen molar-refractivity contribution in [2.24, 2.45) is 11.8 Å². The third-order valence-corrected chi connectivity index (χ3v) is 8.48. The number of hydrogen-bond donors (Lipinski definition) is 1. The first-order chi connectivity index (χ1) is 20.9. The number of nitrogens with one attached hydrogen (secondary N) is 1. The van der Waals surface area contributed by atoms with E-state index in [0.29, 0.717) is 31.1 Å². The van der Waals surface area contributed by atoms with E-state index in [1.807, 2.05) is 6.92 Å². The summed E-state index contributed by atoms with van der Waals surface area (Å²) in [6.45, 7) is 4.09. The van der Waals surface area contributed by atoms with Gasteiger partial charge in [0.1, 0.15) is 10.9 Å². The van der Waals surface area contributed by atoms with Gasteiger partial charge in [-0.05, 0) is 70.4 Å². The molecule has 0 radical (unpaired) electrons. The van der Waals surface area contributed by atoms with Crippen LogP contribution in [0.5, 0.6) is 0 Å². The fourth-order valence-electron chi connectivity index (χ4n) is 3.86. The molecule has 2 aromatic rings. The van der Waals surface area contributed by atoms with Gasteiger partial charge in [0.15, 0.2) is 0 Å². The van der Waals surface area contributed by atoms with Crippen molar-refractivity contribution in [2.45, 2.75) is 75.6 Å². The van der Waals surface area contributed by atoms with Gasteiger partial charge in [-0.2, -0.15) is 26.3 Å². The quantitative estimate of drug-likeness (QED) is 0.157. The molecule has 0 spiro atoms. The maximum absolute atomic E-state index is 12.8. The highest BCUT2D eigenvalue weighted by Gasteiger charge is 2.37. The molecular weight excluding hydrogens is 814 g/mol. The van der Waals surface area contributed by atoms with Gasteiger partial charge in [0.2, 0.25) is 5.56 Å². The average molecular weight is 845 g/mol. The zero-order valence-electron chi connectivity index (χ0n) is 24.1. The number of esters is 2. The van der Waals surface area contributed by atoms with Crippen molar-refractivity contribution in [3.05, 3.63) is 65.3 Å². The molecule has 4 rings (SSSR count). The summed E-state index contributed by atoms with van der Waals surface area (Å²) >= 11 is 8.81. The zero-order chi connectivity index (χ0) is 34.1. The van der Waals surface area contributed by atoms with Crippen LogP contribution in [-0.4, -0.2) is 39.5 Å². The van der Waals surface area contributed by atoms with Gasteiger partial charge >= 0.3 is 24.3 Å². The molecule has 8 nitrogen and oxygen atoms in total. The second-order valence-electron chi connectivity index (χ2n) is 10.2. The highest BCUT2D eigenvalue weighted by molar-refractivity contribution is 9.11. The van der Waals surface area contributed by atoms with E-state index in [1.165, 1.54) is 12.8 Å². The van der Waals surface area contributed by atoms with Crippen molar-refractivity contribution in [1.82, 2.24) is 9.55 Å². The molecule has 252 valence electrons. The van der Waals surface area contributed by atoms with Crippen molar-refractivity contribution in [3.63, 3.8) is 0 Å². The summed E-state index contributed by atoms with van der Waals surface area (Å²) in [7, 11) is 0. The number of pyridine rings is 2. The molecular formula is C28H31Br3F6N2O6. The van der Waals surface area contributed by atoms with E-state index in [9.17, 15) is 45.5 Å². The number of halogens is 9. The van der Waals surface area contributed by atoms with Gasteiger partial charge in [-0.25, -0.2) is 4.79 Å². The van der Waals surface area contributed by atoms with Gasteiger partial charge in [-0.1, -0.05) is 41.6 Å². The minimum absolute atomic E-state index is 0.0741. The molecule has 2 aliphatic rings. The Bertz CT molecular complexity index is 1420. The number of H-pyrrole nitrogens is 1. The lowest BCUT2D eigenvalue weighted by Crippen LogP contribution is -2.32. The Balaban J connectivity index is 0.000000259. The number of carbonyl (C=O) groups is 2. The number of rotatable bonds is 9. The van der Waals surface area contributed by atoms with Crippen molar-refractivity contribution < 1.29 is 45.4 Å². The molecule has 2 atom stereocenters. The second-order valence-corrected chi connectivity index (χ2v) is 13.0. The van der Waals surface area contributed by atoms with E-state index < -0.39 is 46.6 Å². The van der Waals surface area contributed by atoms with E-state index in [1.54, 1.807) is 6.92 Å². The first-order valence-electron chi connectivity index (χ1n) is 13.8. The topological polar surface area (TPSA) is 107 Å². The first kappa shape index (κ1) is 39.0. The van der Waals surface area contributed by atoms with E-state index >= 15 is 0 Å². The molecule has 2 saturated carbocycles. The molecule has 2 fully saturated rings. The van der Waals surface area contributed by atoms with Crippen LogP contribution in [0.4, 0.5) is 26.3 Å². The predicted octanol–water partition coefficient (Wildman–Crippen LogP) is 7.80. The summed E-state index contributed by atoms with van der Waals surface area (Å²) < 4.78 is 84.9. The highest BCUT2D eigenvalue weighted by Crippen LogP contribution is 2.39. The van der Waals surface area contributed by atoms with Crippen molar-refractivity contribution in [3.8, 4) is 0 Å². The summed E-state index contributed by atoms with van der Waals surface area (Å²) in [5.41, 5.74) is -3.66. The average Bonchev–Trinajstić information content (AvgIpc) is 3.87. The normalized spacial score (nSPS) is 15.9. The summed E-state index contributed by atoms with van der Waals surface area (Å²) in [6.07, 6.45) is -1.34. The van der Waals surface area contributed by atoms with Gasteiger partial charge in [0.25, 0.3) is 5.56 Å². The van der Waals surface area contributed by atoms with Crippen LogP contribution in [0.25, 0.3) is 0 Å². The molecule has 1 N–H and O–H groups in total. The minimum Gasteiger partial charge on any atom is -0.465 e. The maximum atomic E-state index is 12.8. The first-order valence-corrected chi connectivity index (χ1v) is 16.3. The predicted molar refractivity (Wildman–Crippen MR) is 163 cm³/mol. The van der Waals surface area contributed by atoms with Crippen molar-refractivity contribution in [1.29, 1.82) is 0 Å². The largest absolute Gasteiger partial charge is 0.465 e.